The molecular weight excluding hydrogens is 254 g/mol. The van der Waals surface area contributed by atoms with Crippen LogP contribution in [0.2, 0.25) is 0 Å². The molecule has 0 amide bonds. The predicted molar refractivity (Wildman–Crippen MR) is 91.4 cm³/mol. The quantitative estimate of drug-likeness (QED) is 0.769. The first-order valence-corrected chi connectivity index (χ1v) is 7.90. The lowest BCUT2D eigenvalue weighted by Crippen LogP contribution is -2.22. The topological polar surface area (TPSA) is 12.0 Å². The molecule has 0 aliphatic carbocycles. The zero-order valence-corrected chi connectivity index (χ0v) is 13.7. The van der Waals surface area contributed by atoms with E-state index < -0.39 is 0 Å². The molecule has 0 radical (unpaired) electrons. The monoisotopic (exact) mass is 281 g/mol. The van der Waals surface area contributed by atoms with Crippen LogP contribution in [0.5, 0.6) is 0 Å². The molecule has 0 bridgehead atoms. The van der Waals surface area contributed by atoms with E-state index in [1.807, 2.05) is 0 Å². The highest BCUT2D eigenvalue weighted by molar-refractivity contribution is 5.30. The van der Waals surface area contributed by atoms with E-state index in [9.17, 15) is 0 Å². The molecule has 2 rings (SSSR count). The molecule has 0 fully saturated rings. The summed E-state index contributed by atoms with van der Waals surface area (Å²) < 4.78 is 0. The lowest BCUT2D eigenvalue weighted by molar-refractivity contribution is 0.428. The first kappa shape index (κ1) is 15.8. The van der Waals surface area contributed by atoms with E-state index in [-0.39, 0.29) is 0 Å². The van der Waals surface area contributed by atoms with Crippen molar-refractivity contribution in [1.29, 1.82) is 0 Å². The molecule has 0 saturated heterocycles. The molecule has 0 aliphatic heterocycles. The van der Waals surface area contributed by atoms with Crippen LogP contribution in [0.25, 0.3) is 0 Å². The van der Waals surface area contributed by atoms with Gasteiger partial charge in [0.15, 0.2) is 0 Å². The number of benzene rings is 2. The minimum absolute atomic E-state index is 0.423. The molecule has 1 heteroatoms. The summed E-state index contributed by atoms with van der Waals surface area (Å²) in [7, 11) is 0. The Balaban J connectivity index is 2.09. The maximum Gasteiger partial charge on any atom is 0.0325 e. The molecule has 2 aromatic carbocycles. The molecule has 1 atom stereocenters. The van der Waals surface area contributed by atoms with Gasteiger partial charge < -0.3 is 5.32 Å². The van der Waals surface area contributed by atoms with Gasteiger partial charge >= 0.3 is 0 Å². The Labute approximate surface area is 129 Å². The average Bonchev–Trinajstić information content (AvgIpc) is 2.45. The SMILES string of the molecule is Cc1ccc(CNC(CC(C)C)c2ccccc2)c(C)c1. The van der Waals surface area contributed by atoms with Gasteiger partial charge in [0.25, 0.3) is 0 Å². The van der Waals surface area contributed by atoms with Crippen molar-refractivity contribution in [3.05, 3.63) is 70.8 Å². The van der Waals surface area contributed by atoms with Crippen molar-refractivity contribution in [2.45, 2.75) is 46.7 Å². The maximum absolute atomic E-state index is 3.74. The molecule has 0 heterocycles. The van der Waals surface area contributed by atoms with Crippen molar-refractivity contribution in [2.24, 2.45) is 5.92 Å². The Kier molecular flexibility index (Phi) is 5.58. The summed E-state index contributed by atoms with van der Waals surface area (Å²) >= 11 is 0. The summed E-state index contributed by atoms with van der Waals surface area (Å²) in [5, 5.41) is 3.74. The zero-order valence-electron chi connectivity index (χ0n) is 13.7. The summed E-state index contributed by atoms with van der Waals surface area (Å²) in [6.07, 6.45) is 1.16. The molecular formula is C20H27N. The fraction of sp³-hybridized carbons (Fsp3) is 0.400. The number of nitrogens with one attached hydrogen (secondary N) is 1. The summed E-state index contributed by atoms with van der Waals surface area (Å²) in [4.78, 5) is 0. The average molecular weight is 281 g/mol. The lowest BCUT2D eigenvalue weighted by atomic mass is 9.96. The third kappa shape index (κ3) is 4.71. The molecule has 2 aromatic rings. The first-order valence-electron chi connectivity index (χ1n) is 7.90. The second-order valence-corrected chi connectivity index (χ2v) is 6.40. The number of aryl methyl sites for hydroxylation is 2. The van der Waals surface area contributed by atoms with E-state index in [1.165, 1.54) is 22.3 Å². The lowest BCUT2D eigenvalue weighted by Gasteiger charge is -2.22. The molecule has 1 nitrogen and oxygen atoms in total. The Morgan fingerprint density at radius 3 is 2.29 bits per heavy atom. The fourth-order valence-electron chi connectivity index (χ4n) is 2.77. The standard InChI is InChI=1S/C20H27N/c1-15(2)12-20(18-8-6-5-7-9-18)21-14-19-11-10-16(3)13-17(19)4/h5-11,13,15,20-21H,12,14H2,1-4H3. The van der Waals surface area contributed by atoms with E-state index >= 15 is 0 Å². The molecule has 1 N–H and O–H groups in total. The Bertz CT molecular complexity index is 557. The maximum atomic E-state index is 3.74. The van der Waals surface area contributed by atoms with Gasteiger partial charge in [-0.25, -0.2) is 0 Å². The van der Waals surface area contributed by atoms with Crippen molar-refractivity contribution in [3.63, 3.8) is 0 Å². The van der Waals surface area contributed by atoms with Gasteiger partial charge in [0.2, 0.25) is 0 Å². The van der Waals surface area contributed by atoms with Crippen molar-refractivity contribution < 1.29 is 0 Å². The second-order valence-electron chi connectivity index (χ2n) is 6.40. The van der Waals surface area contributed by atoms with Gasteiger partial charge in [-0.05, 0) is 42.9 Å². The van der Waals surface area contributed by atoms with Gasteiger partial charge in [-0.3, -0.25) is 0 Å². The first-order chi connectivity index (χ1) is 10.1. The van der Waals surface area contributed by atoms with E-state index in [2.05, 4.69) is 81.5 Å². The van der Waals surface area contributed by atoms with E-state index in [4.69, 9.17) is 0 Å². The molecule has 0 saturated carbocycles. The van der Waals surface area contributed by atoms with Crippen LogP contribution < -0.4 is 5.32 Å². The van der Waals surface area contributed by atoms with Crippen LogP contribution in [0.15, 0.2) is 48.5 Å². The van der Waals surface area contributed by atoms with Gasteiger partial charge in [0, 0.05) is 12.6 Å². The zero-order chi connectivity index (χ0) is 15.2. The van der Waals surface area contributed by atoms with Gasteiger partial charge in [0.05, 0.1) is 0 Å². The Morgan fingerprint density at radius 2 is 1.67 bits per heavy atom. The Hall–Kier alpha value is -1.60. The fourth-order valence-corrected chi connectivity index (χ4v) is 2.77. The van der Waals surface area contributed by atoms with Crippen LogP contribution in [-0.4, -0.2) is 0 Å². The number of hydrogen-bond acceptors (Lipinski definition) is 1. The van der Waals surface area contributed by atoms with Crippen LogP contribution in [0.3, 0.4) is 0 Å². The number of hydrogen-bond donors (Lipinski definition) is 1. The highest BCUT2D eigenvalue weighted by Crippen LogP contribution is 2.22. The van der Waals surface area contributed by atoms with Gasteiger partial charge in [0.1, 0.15) is 0 Å². The van der Waals surface area contributed by atoms with Gasteiger partial charge in [-0.2, -0.15) is 0 Å². The highest BCUT2D eigenvalue weighted by Gasteiger charge is 2.13. The van der Waals surface area contributed by atoms with Crippen LogP contribution in [0, 0.1) is 19.8 Å². The summed E-state index contributed by atoms with van der Waals surface area (Å²) in [6, 6.07) is 17.9. The summed E-state index contributed by atoms with van der Waals surface area (Å²) in [6.45, 7) is 9.85. The third-order valence-corrected chi connectivity index (χ3v) is 3.95. The van der Waals surface area contributed by atoms with Crippen LogP contribution >= 0.6 is 0 Å². The van der Waals surface area contributed by atoms with Gasteiger partial charge in [-0.1, -0.05) is 67.9 Å². The number of rotatable bonds is 6. The summed E-state index contributed by atoms with van der Waals surface area (Å²) in [5.41, 5.74) is 5.48. The van der Waals surface area contributed by atoms with Crippen molar-refractivity contribution in [1.82, 2.24) is 5.32 Å². The largest absolute Gasteiger partial charge is 0.306 e. The van der Waals surface area contributed by atoms with Crippen molar-refractivity contribution >= 4 is 0 Å². The molecule has 1 unspecified atom stereocenters. The minimum Gasteiger partial charge on any atom is -0.306 e. The smallest absolute Gasteiger partial charge is 0.0325 e. The molecule has 112 valence electrons. The van der Waals surface area contributed by atoms with E-state index in [1.54, 1.807) is 0 Å². The molecule has 0 spiro atoms. The highest BCUT2D eigenvalue weighted by atomic mass is 14.9. The van der Waals surface area contributed by atoms with Crippen molar-refractivity contribution in [3.8, 4) is 0 Å². The van der Waals surface area contributed by atoms with Gasteiger partial charge in [-0.15, -0.1) is 0 Å². The normalized spacial score (nSPS) is 12.6. The summed E-state index contributed by atoms with van der Waals surface area (Å²) in [5.74, 6) is 0.682. The molecule has 21 heavy (non-hydrogen) atoms. The van der Waals surface area contributed by atoms with Crippen LogP contribution in [0.1, 0.15) is 48.6 Å². The van der Waals surface area contributed by atoms with Crippen LogP contribution in [0.4, 0.5) is 0 Å². The molecule has 0 aromatic heterocycles. The minimum atomic E-state index is 0.423. The van der Waals surface area contributed by atoms with Crippen molar-refractivity contribution in [2.75, 3.05) is 0 Å². The van der Waals surface area contributed by atoms with Crippen LogP contribution in [-0.2, 0) is 6.54 Å². The Morgan fingerprint density at radius 1 is 0.952 bits per heavy atom. The second kappa shape index (κ2) is 7.42. The van der Waals surface area contributed by atoms with E-state index in [0.717, 1.165) is 13.0 Å². The van der Waals surface area contributed by atoms with E-state index in [0.29, 0.717) is 12.0 Å². The third-order valence-electron chi connectivity index (χ3n) is 3.95. The predicted octanol–water partition coefficient (Wildman–Crippen LogP) is 5.18. The molecule has 0 aliphatic rings.